The smallest absolute Gasteiger partial charge is 0.156 e. The predicted octanol–water partition coefficient (Wildman–Crippen LogP) is 3.70. The Morgan fingerprint density at radius 1 is 1.39 bits per heavy atom. The summed E-state index contributed by atoms with van der Waals surface area (Å²) >= 11 is 9.26. The van der Waals surface area contributed by atoms with E-state index in [1.165, 1.54) is 0 Å². The molecule has 5 heteroatoms. The number of nitrogens with two attached hydrogens (primary N) is 1. The van der Waals surface area contributed by atoms with Crippen molar-refractivity contribution < 1.29 is 4.74 Å². The van der Waals surface area contributed by atoms with Crippen LogP contribution in [0.4, 0.5) is 5.69 Å². The Morgan fingerprint density at radius 2 is 2.22 bits per heavy atom. The van der Waals surface area contributed by atoms with Crippen molar-refractivity contribution >= 4 is 33.2 Å². The average Bonchev–Trinajstić information content (AvgIpc) is 2.34. The van der Waals surface area contributed by atoms with Gasteiger partial charge in [0, 0.05) is 23.8 Å². The molecule has 2 rings (SSSR count). The highest BCUT2D eigenvalue weighted by atomic mass is 79.9. The number of nitrogen functional groups attached to an aromatic ring is 1. The van der Waals surface area contributed by atoms with Crippen LogP contribution in [-0.2, 0) is 6.42 Å². The Bertz CT molecular complexity index is 511. The Morgan fingerprint density at radius 3 is 2.89 bits per heavy atom. The number of hydrogen-bond acceptors (Lipinski definition) is 3. The Balaban J connectivity index is 1.99. The van der Waals surface area contributed by atoms with Gasteiger partial charge in [-0.2, -0.15) is 0 Å². The first kappa shape index (κ1) is 13.2. The van der Waals surface area contributed by atoms with Crippen molar-refractivity contribution in [1.29, 1.82) is 0 Å². The quantitative estimate of drug-likeness (QED) is 0.871. The fourth-order valence-electron chi connectivity index (χ4n) is 1.55. The first-order valence-corrected chi connectivity index (χ1v) is 6.60. The molecule has 1 heterocycles. The maximum Gasteiger partial charge on any atom is 0.156 e. The molecule has 0 bridgehead atoms. The monoisotopic (exact) mass is 326 g/mol. The van der Waals surface area contributed by atoms with Gasteiger partial charge in [-0.25, -0.2) is 0 Å². The molecule has 0 saturated heterocycles. The molecular formula is C13H12BrClN2O. The van der Waals surface area contributed by atoms with E-state index in [-0.39, 0.29) is 0 Å². The Kier molecular flexibility index (Phi) is 4.44. The second-order valence-electron chi connectivity index (χ2n) is 3.77. The summed E-state index contributed by atoms with van der Waals surface area (Å²) in [6, 6.07) is 7.35. The van der Waals surface area contributed by atoms with Crippen molar-refractivity contribution in [2.75, 3.05) is 12.3 Å². The van der Waals surface area contributed by atoms with Crippen LogP contribution in [0.25, 0.3) is 0 Å². The zero-order chi connectivity index (χ0) is 13.0. The number of ether oxygens (including phenoxy) is 1. The number of benzene rings is 1. The third kappa shape index (κ3) is 3.37. The zero-order valence-corrected chi connectivity index (χ0v) is 11.9. The summed E-state index contributed by atoms with van der Waals surface area (Å²) in [5.41, 5.74) is 7.50. The van der Waals surface area contributed by atoms with Crippen molar-refractivity contribution in [1.82, 2.24) is 4.98 Å². The van der Waals surface area contributed by atoms with E-state index in [1.807, 2.05) is 18.3 Å². The largest absolute Gasteiger partial charge is 0.490 e. The van der Waals surface area contributed by atoms with Gasteiger partial charge in [-0.1, -0.05) is 17.7 Å². The molecule has 0 amide bonds. The third-order valence-electron chi connectivity index (χ3n) is 2.40. The van der Waals surface area contributed by atoms with Crippen LogP contribution in [0.1, 0.15) is 5.56 Å². The minimum absolute atomic E-state index is 0.528. The van der Waals surface area contributed by atoms with Crippen LogP contribution >= 0.6 is 27.5 Å². The number of rotatable bonds is 4. The lowest BCUT2D eigenvalue weighted by atomic mass is 10.2. The topological polar surface area (TPSA) is 48.1 Å². The summed E-state index contributed by atoms with van der Waals surface area (Å²) in [5, 5.41) is 0.582. The molecule has 3 nitrogen and oxygen atoms in total. The van der Waals surface area contributed by atoms with Gasteiger partial charge in [-0.15, -0.1) is 0 Å². The van der Waals surface area contributed by atoms with Crippen LogP contribution in [0, 0.1) is 0 Å². The van der Waals surface area contributed by atoms with Crippen LogP contribution in [0.5, 0.6) is 5.75 Å². The van der Waals surface area contributed by atoms with Crippen molar-refractivity contribution in [3.8, 4) is 5.75 Å². The normalized spacial score (nSPS) is 10.3. The SMILES string of the molecule is Nc1cc(Cl)cc(Br)c1OCCc1cccnc1. The molecule has 1 aromatic heterocycles. The highest BCUT2D eigenvalue weighted by Crippen LogP contribution is 2.34. The van der Waals surface area contributed by atoms with E-state index in [0.29, 0.717) is 23.1 Å². The first-order chi connectivity index (χ1) is 8.66. The number of halogens is 2. The summed E-state index contributed by atoms with van der Waals surface area (Å²) in [6.07, 6.45) is 4.35. The van der Waals surface area contributed by atoms with Gasteiger partial charge in [0.15, 0.2) is 5.75 Å². The summed E-state index contributed by atoms with van der Waals surface area (Å²) in [5.74, 6) is 0.628. The van der Waals surface area contributed by atoms with Crippen LogP contribution in [0.2, 0.25) is 5.02 Å². The van der Waals surface area contributed by atoms with Crippen molar-refractivity contribution in [3.63, 3.8) is 0 Å². The minimum atomic E-state index is 0.528. The van der Waals surface area contributed by atoms with Crippen molar-refractivity contribution in [2.45, 2.75) is 6.42 Å². The molecule has 0 saturated carbocycles. The molecule has 0 fully saturated rings. The lowest BCUT2D eigenvalue weighted by molar-refractivity contribution is 0.321. The van der Waals surface area contributed by atoms with Crippen LogP contribution in [-0.4, -0.2) is 11.6 Å². The Labute approximate surface area is 119 Å². The van der Waals surface area contributed by atoms with E-state index in [9.17, 15) is 0 Å². The van der Waals surface area contributed by atoms with E-state index in [2.05, 4.69) is 20.9 Å². The highest BCUT2D eigenvalue weighted by molar-refractivity contribution is 9.10. The third-order valence-corrected chi connectivity index (χ3v) is 3.20. The first-order valence-electron chi connectivity index (χ1n) is 5.43. The fourth-order valence-corrected chi connectivity index (χ4v) is 2.50. The van der Waals surface area contributed by atoms with Gasteiger partial charge < -0.3 is 10.5 Å². The molecule has 0 aliphatic rings. The molecule has 0 aliphatic heterocycles. The zero-order valence-electron chi connectivity index (χ0n) is 9.57. The Hall–Kier alpha value is -1.26. The molecule has 0 atom stereocenters. The van der Waals surface area contributed by atoms with Gasteiger partial charge in [0.1, 0.15) is 0 Å². The van der Waals surface area contributed by atoms with E-state index >= 15 is 0 Å². The number of hydrogen-bond donors (Lipinski definition) is 1. The molecular weight excluding hydrogens is 316 g/mol. The predicted molar refractivity (Wildman–Crippen MR) is 77.0 cm³/mol. The second-order valence-corrected chi connectivity index (χ2v) is 5.06. The number of pyridine rings is 1. The summed E-state index contributed by atoms with van der Waals surface area (Å²) in [4.78, 5) is 4.05. The molecule has 0 radical (unpaired) electrons. The lowest BCUT2D eigenvalue weighted by Gasteiger charge is -2.11. The standard InChI is InChI=1S/C13H12BrClN2O/c14-11-6-10(15)7-12(16)13(11)18-5-3-9-2-1-4-17-8-9/h1-2,4,6-8H,3,5,16H2. The van der Waals surface area contributed by atoms with E-state index in [1.54, 1.807) is 18.3 Å². The summed E-state index contributed by atoms with van der Waals surface area (Å²) < 4.78 is 6.43. The molecule has 18 heavy (non-hydrogen) atoms. The molecule has 94 valence electrons. The molecule has 0 aliphatic carbocycles. The summed E-state index contributed by atoms with van der Waals surface area (Å²) in [6.45, 7) is 0.538. The molecule has 2 aromatic rings. The molecule has 1 aromatic carbocycles. The average molecular weight is 328 g/mol. The van der Waals surface area contributed by atoms with Gasteiger partial charge in [-0.3, -0.25) is 4.98 Å². The highest BCUT2D eigenvalue weighted by Gasteiger charge is 2.07. The van der Waals surface area contributed by atoms with Crippen molar-refractivity contribution in [3.05, 3.63) is 51.7 Å². The summed E-state index contributed by atoms with van der Waals surface area (Å²) in [7, 11) is 0. The van der Waals surface area contributed by atoms with Crippen molar-refractivity contribution in [2.24, 2.45) is 0 Å². The van der Waals surface area contributed by atoms with Gasteiger partial charge in [0.05, 0.1) is 16.8 Å². The van der Waals surface area contributed by atoms with Crippen LogP contribution < -0.4 is 10.5 Å². The van der Waals surface area contributed by atoms with Gasteiger partial charge in [-0.05, 0) is 39.7 Å². The maximum absolute atomic E-state index is 5.88. The van der Waals surface area contributed by atoms with Gasteiger partial charge >= 0.3 is 0 Å². The van der Waals surface area contributed by atoms with E-state index < -0.39 is 0 Å². The van der Waals surface area contributed by atoms with Gasteiger partial charge in [0.2, 0.25) is 0 Å². The van der Waals surface area contributed by atoms with E-state index in [0.717, 1.165) is 16.5 Å². The van der Waals surface area contributed by atoms with Crippen LogP contribution in [0.15, 0.2) is 41.1 Å². The molecule has 0 unspecified atom stereocenters. The second kappa shape index (κ2) is 6.07. The minimum Gasteiger partial charge on any atom is -0.490 e. The maximum atomic E-state index is 5.88. The number of aromatic nitrogens is 1. The number of anilines is 1. The molecule has 0 spiro atoms. The number of nitrogens with zero attached hydrogens (tertiary/aromatic N) is 1. The van der Waals surface area contributed by atoms with E-state index in [4.69, 9.17) is 22.1 Å². The van der Waals surface area contributed by atoms with Gasteiger partial charge in [0.25, 0.3) is 0 Å². The van der Waals surface area contributed by atoms with Crippen LogP contribution in [0.3, 0.4) is 0 Å². The molecule has 2 N–H and O–H groups in total. The lowest BCUT2D eigenvalue weighted by Crippen LogP contribution is -2.04. The fraction of sp³-hybridized carbons (Fsp3) is 0.154.